The summed E-state index contributed by atoms with van der Waals surface area (Å²) in [5.41, 5.74) is 1.73. The Morgan fingerprint density at radius 3 is 2.34 bits per heavy atom. The zero-order chi connectivity index (χ0) is 20.6. The quantitative estimate of drug-likeness (QED) is 0.543. The lowest BCUT2D eigenvalue weighted by atomic mass is 10.2. The van der Waals surface area contributed by atoms with E-state index in [9.17, 15) is 8.42 Å². The van der Waals surface area contributed by atoms with Gasteiger partial charge in [-0.2, -0.15) is 4.52 Å². The number of nitrogens with one attached hydrogen (secondary N) is 1. The number of pyridine rings is 1. The summed E-state index contributed by atoms with van der Waals surface area (Å²) >= 11 is 0. The van der Waals surface area contributed by atoms with Crippen LogP contribution in [-0.4, -0.2) is 49.1 Å². The maximum absolute atomic E-state index is 13.5. The van der Waals surface area contributed by atoms with Crippen LogP contribution in [0.3, 0.4) is 0 Å². The number of nitrogens with zero attached hydrogens (tertiary/aromatic N) is 5. The summed E-state index contributed by atoms with van der Waals surface area (Å²) in [6.07, 6.45) is 3.35. The van der Waals surface area contributed by atoms with Crippen molar-refractivity contribution in [1.82, 2.24) is 19.6 Å². The Kier molecular flexibility index (Phi) is 4.67. The molecular formula is C20H20N6O2S. The maximum atomic E-state index is 13.5. The van der Waals surface area contributed by atoms with Crippen LogP contribution in [-0.2, 0) is 9.84 Å². The molecule has 0 fully saturated rings. The van der Waals surface area contributed by atoms with E-state index < -0.39 is 9.84 Å². The second-order valence-corrected chi connectivity index (χ2v) is 8.50. The minimum Gasteiger partial charge on any atom is -0.370 e. The van der Waals surface area contributed by atoms with Crippen molar-refractivity contribution in [2.24, 2.45) is 0 Å². The summed E-state index contributed by atoms with van der Waals surface area (Å²) in [5, 5.41) is 7.40. The van der Waals surface area contributed by atoms with Crippen LogP contribution in [0.25, 0.3) is 16.9 Å². The fourth-order valence-electron chi connectivity index (χ4n) is 3.10. The number of fused-ring (bicyclic) bond motifs is 1. The van der Waals surface area contributed by atoms with E-state index in [4.69, 9.17) is 0 Å². The monoisotopic (exact) mass is 408 g/mol. The van der Waals surface area contributed by atoms with Gasteiger partial charge in [0.05, 0.1) is 10.6 Å². The molecule has 0 radical (unpaired) electrons. The van der Waals surface area contributed by atoms with Gasteiger partial charge in [-0.15, -0.1) is 5.10 Å². The van der Waals surface area contributed by atoms with Gasteiger partial charge in [0.25, 0.3) is 0 Å². The number of hydrogen-bond acceptors (Lipinski definition) is 7. The Bertz CT molecular complexity index is 1270. The SMILES string of the molecule is CNc1nn2c(N(C)C)cc(-c3ccncc3)nc2c1S(=O)(=O)c1ccccc1. The summed E-state index contributed by atoms with van der Waals surface area (Å²) in [4.78, 5) is 10.8. The van der Waals surface area contributed by atoms with Crippen molar-refractivity contribution in [3.63, 3.8) is 0 Å². The van der Waals surface area contributed by atoms with Crippen molar-refractivity contribution in [2.45, 2.75) is 9.79 Å². The van der Waals surface area contributed by atoms with Gasteiger partial charge in [-0.05, 0) is 24.3 Å². The van der Waals surface area contributed by atoms with E-state index in [1.165, 1.54) is 0 Å². The molecule has 0 aliphatic rings. The predicted molar refractivity (Wildman–Crippen MR) is 112 cm³/mol. The smallest absolute Gasteiger partial charge is 0.214 e. The van der Waals surface area contributed by atoms with Crippen molar-refractivity contribution in [3.8, 4) is 11.3 Å². The molecule has 148 valence electrons. The first-order chi connectivity index (χ1) is 13.9. The van der Waals surface area contributed by atoms with Crippen LogP contribution in [0.4, 0.5) is 11.6 Å². The number of sulfone groups is 1. The molecular weight excluding hydrogens is 388 g/mol. The van der Waals surface area contributed by atoms with Gasteiger partial charge >= 0.3 is 0 Å². The van der Waals surface area contributed by atoms with Gasteiger partial charge in [0.2, 0.25) is 9.84 Å². The van der Waals surface area contributed by atoms with E-state index in [0.29, 0.717) is 11.5 Å². The van der Waals surface area contributed by atoms with Crippen molar-refractivity contribution < 1.29 is 8.42 Å². The highest BCUT2D eigenvalue weighted by Crippen LogP contribution is 2.34. The zero-order valence-electron chi connectivity index (χ0n) is 16.2. The molecule has 3 heterocycles. The third-order valence-electron chi connectivity index (χ3n) is 4.52. The van der Waals surface area contributed by atoms with Gasteiger partial charge in [-0.3, -0.25) is 4.98 Å². The molecule has 0 spiro atoms. The van der Waals surface area contributed by atoms with E-state index in [1.54, 1.807) is 54.3 Å². The first-order valence-corrected chi connectivity index (χ1v) is 10.4. The van der Waals surface area contributed by atoms with Crippen LogP contribution in [0.5, 0.6) is 0 Å². The van der Waals surface area contributed by atoms with Crippen LogP contribution in [0.1, 0.15) is 0 Å². The first-order valence-electron chi connectivity index (χ1n) is 8.93. The molecule has 8 nitrogen and oxygen atoms in total. The lowest BCUT2D eigenvalue weighted by molar-refractivity contribution is 0.597. The predicted octanol–water partition coefficient (Wildman–Crippen LogP) is 2.73. The van der Waals surface area contributed by atoms with Crippen molar-refractivity contribution in [3.05, 3.63) is 60.9 Å². The maximum Gasteiger partial charge on any atom is 0.214 e. The molecule has 9 heteroatoms. The third kappa shape index (κ3) is 3.19. The van der Waals surface area contributed by atoms with Gasteiger partial charge in [0.15, 0.2) is 16.4 Å². The first kappa shape index (κ1) is 18.9. The summed E-state index contributed by atoms with van der Waals surface area (Å²) < 4.78 is 28.5. The van der Waals surface area contributed by atoms with Crippen molar-refractivity contribution in [1.29, 1.82) is 0 Å². The molecule has 1 aromatic carbocycles. The van der Waals surface area contributed by atoms with E-state index in [0.717, 1.165) is 5.56 Å². The number of aromatic nitrogens is 4. The van der Waals surface area contributed by atoms with Crippen LogP contribution < -0.4 is 10.2 Å². The lowest BCUT2D eigenvalue weighted by Gasteiger charge is -2.15. The Labute approximate surface area is 168 Å². The summed E-state index contributed by atoms with van der Waals surface area (Å²) in [6, 6.07) is 13.8. The van der Waals surface area contributed by atoms with Gasteiger partial charge in [0.1, 0.15) is 5.82 Å². The molecule has 0 saturated carbocycles. The van der Waals surface area contributed by atoms with Gasteiger partial charge in [-0.1, -0.05) is 18.2 Å². The molecule has 29 heavy (non-hydrogen) atoms. The molecule has 0 unspecified atom stereocenters. The highest BCUT2D eigenvalue weighted by Gasteiger charge is 2.29. The zero-order valence-corrected chi connectivity index (χ0v) is 17.1. The molecule has 0 atom stereocenters. The number of rotatable bonds is 5. The Morgan fingerprint density at radius 1 is 1.03 bits per heavy atom. The molecule has 0 amide bonds. The molecule has 1 N–H and O–H groups in total. The summed E-state index contributed by atoms with van der Waals surface area (Å²) in [5.74, 6) is 0.948. The van der Waals surface area contributed by atoms with Gasteiger partial charge < -0.3 is 10.2 Å². The Balaban J connectivity index is 2.08. The Morgan fingerprint density at radius 2 is 1.72 bits per heavy atom. The minimum absolute atomic E-state index is 0.0465. The Hall–Kier alpha value is -3.46. The largest absolute Gasteiger partial charge is 0.370 e. The standard InChI is InChI=1S/C20H20N6O2S/c1-21-19-18(29(27,28)15-7-5-4-6-8-15)20-23-16(14-9-11-22-12-10-14)13-17(25(2)3)26(20)24-19/h4-13H,1-3H3,(H,21,24). The summed E-state index contributed by atoms with van der Waals surface area (Å²) in [6.45, 7) is 0. The van der Waals surface area contributed by atoms with Crippen LogP contribution in [0.2, 0.25) is 0 Å². The van der Waals surface area contributed by atoms with E-state index >= 15 is 0 Å². The number of benzene rings is 1. The molecule has 4 aromatic rings. The molecule has 3 aromatic heterocycles. The molecule has 0 aliphatic carbocycles. The number of anilines is 2. The third-order valence-corrected chi connectivity index (χ3v) is 6.33. The molecule has 0 bridgehead atoms. The second kappa shape index (κ2) is 7.17. The highest BCUT2D eigenvalue weighted by atomic mass is 32.2. The lowest BCUT2D eigenvalue weighted by Crippen LogP contribution is -2.15. The fourth-order valence-corrected chi connectivity index (χ4v) is 4.62. The average molecular weight is 408 g/mol. The van der Waals surface area contributed by atoms with Gasteiger partial charge in [0, 0.05) is 45.2 Å². The van der Waals surface area contributed by atoms with Gasteiger partial charge in [-0.25, -0.2) is 13.4 Å². The topological polar surface area (TPSA) is 92.5 Å². The normalized spacial score (nSPS) is 11.6. The highest BCUT2D eigenvalue weighted by molar-refractivity contribution is 7.91. The minimum atomic E-state index is -3.85. The van der Waals surface area contributed by atoms with Crippen LogP contribution in [0.15, 0.2) is 70.7 Å². The van der Waals surface area contributed by atoms with Crippen LogP contribution >= 0.6 is 0 Å². The van der Waals surface area contributed by atoms with Crippen molar-refractivity contribution in [2.75, 3.05) is 31.4 Å². The fraction of sp³-hybridized carbons (Fsp3) is 0.150. The van der Waals surface area contributed by atoms with Crippen molar-refractivity contribution >= 4 is 27.1 Å². The molecule has 4 rings (SSSR count). The van der Waals surface area contributed by atoms with Crippen LogP contribution in [0, 0.1) is 0 Å². The average Bonchev–Trinajstić information content (AvgIpc) is 3.13. The van der Waals surface area contributed by atoms with E-state index in [2.05, 4.69) is 20.4 Å². The molecule has 0 saturated heterocycles. The second-order valence-electron chi connectivity index (χ2n) is 6.61. The summed E-state index contributed by atoms with van der Waals surface area (Å²) in [7, 11) is 1.54. The molecule has 0 aliphatic heterocycles. The van der Waals surface area contributed by atoms with E-state index in [1.807, 2.05) is 37.2 Å². The van der Waals surface area contributed by atoms with E-state index in [-0.39, 0.29) is 21.3 Å². The number of hydrogen-bond donors (Lipinski definition) is 1.